The van der Waals surface area contributed by atoms with Crippen LogP contribution in [0.15, 0.2) is 30.3 Å². The van der Waals surface area contributed by atoms with E-state index in [2.05, 4.69) is 21.9 Å². The first kappa shape index (κ1) is 17.7. The normalized spacial score (nSPS) is 21.2. The Kier molecular flexibility index (Phi) is 5.58. The van der Waals surface area contributed by atoms with Gasteiger partial charge < -0.3 is 15.5 Å². The number of hydrogen-bond donors (Lipinski definition) is 1. The Labute approximate surface area is 149 Å². The van der Waals surface area contributed by atoms with Crippen LogP contribution in [0.4, 0.5) is 5.69 Å². The minimum absolute atomic E-state index is 0.0343. The molecule has 0 saturated carbocycles. The lowest BCUT2D eigenvalue weighted by Gasteiger charge is -2.40. The van der Waals surface area contributed by atoms with E-state index in [0.717, 1.165) is 52.1 Å². The number of nitrogens with zero attached hydrogens (tertiary/aromatic N) is 3. The lowest BCUT2D eigenvalue weighted by Crippen LogP contribution is -2.55. The number of hydrogen-bond acceptors (Lipinski definition) is 4. The quantitative estimate of drug-likeness (QED) is 0.882. The summed E-state index contributed by atoms with van der Waals surface area (Å²) in [5.41, 5.74) is 6.61. The molecule has 2 saturated heterocycles. The van der Waals surface area contributed by atoms with E-state index in [1.807, 2.05) is 30.0 Å². The van der Waals surface area contributed by atoms with E-state index >= 15 is 0 Å². The number of piperazine rings is 1. The summed E-state index contributed by atoms with van der Waals surface area (Å²) in [7, 11) is 0. The smallest absolute Gasteiger partial charge is 0.239 e. The zero-order valence-electron chi connectivity index (χ0n) is 14.9. The van der Waals surface area contributed by atoms with Crippen molar-refractivity contribution in [3.8, 4) is 0 Å². The summed E-state index contributed by atoms with van der Waals surface area (Å²) in [6, 6.07) is 10.2. The van der Waals surface area contributed by atoms with Gasteiger partial charge in [-0.3, -0.25) is 14.5 Å². The number of para-hydroxylation sites is 1. The van der Waals surface area contributed by atoms with Gasteiger partial charge in [0.1, 0.15) is 0 Å². The lowest BCUT2D eigenvalue weighted by molar-refractivity contribution is -0.137. The summed E-state index contributed by atoms with van der Waals surface area (Å²) in [5, 5.41) is 0. The van der Waals surface area contributed by atoms with Crippen molar-refractivity contribution in [2.75, 3.05) is 44.2 Å². The highest BCUT2D eigenvalue weighted by Gasteiger charge is 2.32. The van der Waals surface area contributed by atoms with Crippen molar-refractivity contribution in [1.82, 2.24) is 9.80 Å². The molecule has 2 heterocycles. The molecule has 2 amide bonds. The number of piperidine rings is 1. The standard InChI is InChI=1S/C19H28N4O2/c1-15(21-9-7-16(8-10-21)18(20)24)19(25)23-13-11-22(12-14-23)17-5-3-2-4-6-17/h2-6,15-16H,7-14H2,1H3,(H2,20,24)/t15-/m1/s1. The highest BCUT2D eigenvalue weighted by molar-refractivity contribution is 5.82. The fourth-order valence-electron chi connectivity index (χ4n) is 3.82. The van der Waals surface area contributed by atoms with Crippen LogP contribution in [0.2, 0.25) is 0 Å². The summed E-state index contributed by atoms with van der Waals surface area (Å²) >= 11 is 0. The first-order valence-corrected chi connectivity index (χ1v) is 9.18. The van der Waals surface area contributed by atoms with Crippen LogP contribution in [0.1, 0.15) is 19.8 Å². The van der Waals surface area contributed by atoms with Gasteiger partial charge in [0, 0.05) is 37.8 Å². The number of benzene rings is 1. The van der Waals surface area contributed by atoms with Crippen molar-refractivity contribution in [2.24, 2.45) is 11.7 Å². The van der Waals surface area contributed by atoms with Crippen LogP contribution in [0.3, 0.4) is 0 Å². The van der Waals surface area contributed by atoms with Gasteiger partial charge in [-0.15, -0.1) is 0 Å². The van der Waals surface area contributed by atoms with E-state index in [-0.39, 0.29) is 23.8 Å². The molecule has 1 aromatic rings. The molecular formula is C19H28N4O2. The third-order valence-electron chi connectivity index (χ3n) is 5.55. The molecule has 1 aromatic carbocycles. The van der Waals surface area contributed by atoms with Crippen LogP contribution in [-0.4, -0.2) is 66.9 Å². The fourth-order valence-corrected chi connectivity index (χ4v) is 3.82. The van der Waals surface area contributed by atoms with Crippen molar-refractivity contribution in [2.45, 2.75) is 25.8 Å². The molecule has 6 heteroatoms. The van der Waals surface area contributed by atoms with E-state index < -0.39 is 0 Å². The number of amides is 2. The van der Waals surface area contributed by atoms with Gasteiger partial charge in [0.2, 0.25) is 11.8 Å². The Morgan fingerprint density at radius 1 is 1.00 bits per heavy atom. The third-order valence-corrected chi connectivity index (χ3v) is 5.55. The van der Waals surface area contributed by atoms with Crippen molar-refractivity contribution in [3.05, 3.63) is 30.3 Å². The molecule has 0 bridgehead atoms. The van der Waals surface area contributed by atoms with Crippen LogP contribution in [0, 0.1) is 5.92 Å². The summed E-state index contributed by atoms with van der Waals surface area (Å²) in [6.45, 7) is 6.77. The SMILES string of the molecule is C[C@H](C(=O)N1CCN(c2ccccc2)CC1)N1CCC(C(N)=O)CC1. The van der Waals surface area contributed by atoms with Crippen LogP contribution >= 0.6 is 0 Å². The van der Waals surface area contributed by atoms with Gasteiger partial charge in [-0.1, -0.05) is 18.2 Å². The molecule has 3 rings (SSSR count). The molecule has 1 atom stereocenters. The number of primary amides is 1. The van der Waals surface area contributed by atoms with Crippen LogP contribution in [-0.2, 0) is 9.59 Å². The molecule has 0 unspecified atom stereocenters. The second-order valence-electron chi connectivity index (χ2n) is 7.04. The van der Waals surface area contributed by atoms with Gasteiger partial charge in [0.25, 0.3) is 0 Å². The van der Waals surface area contributed by atoms with Gasteiger partial charge in [-0.2, -0.15) is 0 Å². The Morgan fingerprint density at radius 2 is 1.60 bits per heavy atom. The second-order valence-corrected chi connectivity index (χ2v) is 7.04. The van der Waals surface area contributed by atoms with Gasteiger partial charge in [0.05, 0.1) is 6.04 Å². The minimum atomic E-state index is -0.212. The van der Waals surface area contributed by atoms with Crippen molar-refractivity contribution < 1.29 is 9.59 Å². The topological polar surface area (TPSA) is 69.9 Å². The number of anilines is 1. The average molecular weight is 344 g/mol. The molecule has 2 N–H and O–H groups in total. The number of likely N-dealkylation sites (tertiary alicyclic amines) is 1. The number of nitrogens with two attached hydrogens (primary N) is 1. The molecule has 2 fully saturated rings. The van der Waals surface area contributed by atoms with Crippen LogP contribution < -0.4 is 10.6 Å². The van der Waals surface area contributed by atoms with Gasteiger partial charge in [-0.05, 0) is 45.0 Å². The summed E-state index contributed by atoms with van der Waals surface area (Å²) in [4.78, 5) is 30.6. The van der Waals surface area contributed by atoms with E-state index in [0.29, 0.717) is 0 Å². The maximum atomic E-state index is 12.8. The summed E-state index contributed by atoms with van der Waals surface area (Å²) in [6.07, 6.45) is 1.52. The van der Waals surface area contributed by atoms with E-state index in [1.165, 1.54) is 5.69 Å². The van der Waals surface area contributed by atoms with E-state index in [1.54, 1.807) is 0 Å². The largest absolute Gasteiger partial charge is 0.369 e. The molecule has 0 spiro atoms. The van der Waals surface area contributed by atoms with Crippen molar-refractivity contribution in [3.63, 3.8) is 0 Å². The zero-order chi connectivity index (χ0) is 17.8. The third kappa shape index (κ3) is 4.12. The first-order valence-electron chi connectivity index (χ1n) is 9.18. The highest BCUT2D eigenvalue weighted by atomic mass is 16.2. The van der Waals surface area contributed by atoms with E-state index in [9.17, 15) is 9.59 Å². The predicted molar refractivity (Wildman–Crippen MR) is 98.2 cm³/mol. The molecule has 25 heavy (non-hydrogen) atoms. The molecule has 0 radical (unpaired) electrons. The minimum Gasteiger partial charge on any atom is -0.369 e. The Morgan fingerprint density at radius 3 is 2.16 bits per heavy atom. The predicted octanol–water partition coefficient (Wildman–Crippen LogP) is 0.921. The lowest BCUT2D eigenvalue weighted by atomic mass is 9.95. The monoisotopic (exact) mass is 344 g/mol. The van der Waals surface area contributed by atoms with Crippen LogP contribution in [0.5, 0.6) is 0 Å². The maximum absolute atomic E-state index is 12.8. The van der Waals surface area contributed by atoms with Crippen molar-refractivity contribution in [1.29, 1.82) is 0 Å². The molecular weight excluding hydrogens is 316 g/mol. The molecule has 0 aromatic heterocycles. The Bertz CT molecular complexity index is 591. The van der Waals surface area contributed by atoms with Crippen molar-refractivity contribution >= 4 is 17.5 Å². The first-order chi connectivity index (χ1) is 12.1. The van der Waals surface area contributed by atoms with Gasteiger partial charge >= 0.3 is 0 Å². The second kappa shape index (κ2) is 7.87. The Balaban J connectivity index is 1.50. The molecule has 2 aliphatic heterocycles. The number of carbonyl (C=O) groups excluding carboxylic acids is 2. The fraction of sp³-hybridized carbons (Fsp3) is 0.579. The highest BCUT2D eigenvalue weighted by Crippen LogP contribution is 2.20. The molecule has 136 valence electrons. The van der Waals surface area contributed by atoms with Gasteiger partial charge in [-0.25, -0.2) is 0 Å². The molecule has 0 aliphatic carbocycles. The zero-order valence-corrected chi connectivity index (χ0v) is 14.9. The van der Waals surface area contributed by atoms with Gasteiger partial charge in [0.15, 0.2) is 0 Å². The summed E-state index contributed by atoms with van der Waals surface area (Å²) < 4.78 is 0. The Hall–Kier alpha value is -2.08. The molecule has 2 aliphatic rings. The maximum Gasteiger partial charge on any atom is 0.239 e. The average Bonchev–Trinajstić information content (AvgIpc) is 2.67. The number of rotatable bonds is 4. The van der Waals surface area contributed by atoms with Crippen LogP contribution in [0.25, 0.3) is 0 Å². The number of carbonyl (C=O) groups is 2. The summed E-state index contributed by atoms with van der Waals surface area (Å²) in [5.74, 6) is -0.0473. The molecule has 6 nitrogen and oxygen atoms in total. The van der Waals surface area contributed by atoms with E-state index in [4.69, 9.17) is 5.73 Å².